The van der Waals surface area contributed by atoms with Gasteiger partial charge in [-0.15, -0.1) is 0 Å². The Labute approximate surface area is 178 Å². The number of thiocarbonyl (C=S) groups is 1. The van der Waals surface area contributed by atoms with Gasteiger partial charge in [-0.25, -0.2) is 0 Å². The number of rotatable bonds is 3. The monoisotopic (exact) mass is 460 g/mol. The molecule has 1 aliphatic rings. The van der Waals surface area contributed by atoms with Crippen molar-refractivity contribution in [3.63, 3.8) is 0 Å². The highest BCUT2D eigenvalue weighted by Crippen LogP contribution is 2.26. The second-order valence-corrected chi connectivity index (χ2v) is 7.66. The molecule has 2 aromatic carbocycles. The molecule has 2 aromatic rings. The van der Waals surface area contributed by atoms with E-state index in [9.17, 15) is 9.59 Å². The third-order valence-corrected chi connectivity index (χ3v) is 5.46. The number of nitrogens with one attached hydrogen (secondary N) is 2. The number of piperazine rings is 1. The van der Waals surface area contributed by atoms with Crippen LogP contribution in [0.5, 0.6) is 0 Å². The van der Waals surface area contributed by atoms with Crippen LogP contribution in [0.1, 0.15) is 17.3 Å². The van der Waals surface area contributed by atoms with Crippen LogP contribution in [0, 0.1) is 0 Å². The van der Waals surface area contributed by atoms with Crippen LogP contribution in [0.3, 0.4) is 0 Å². The smallest absolute Gasteiger partial charge is 0.258 e. The molecule has 146 valence electrons. The summed E-state index contributed by atoms with van der Waals surface area (Å²) in [5.41, 5.74) is 2.32. The van der Waals surface area contributed by atoms with Gasteiger partial charge in [0.1, 0.15) is 0 Å². The number of amides is 2. The number of carbonyl (C=O) groups excluding carboxylic acids is 2. The van der Waals surface area contributed by atoms with Crippen LogP contribution in [0.4, 0.5) is 11.4 Å². The molecule has 1 aliphatic heterocycles. The summed E-state index contributed by atoms with van der Waals surface area (Å²) in [6.45, 7) is 4.46. The van der Waals surface area contributed by atoms with Crippen molar-refractivity contribution in [2.24, 2.45) is 0 Å². The van der Waals surface area contributed by atoms with E-state index >= 15 is 0 Å². The number of halogens is 1. The van der Waals surface area contributed by atoms with Crippen LogP contribution in [0.2, 0.25) is 0 Å². The van der Waals surface area contributed by atoms with Gasteiger partial charge >= 0.3 is 0 Å². The minimum atomic E-state index is -0.280. The molecule has 1 fully saturated rings. The molecular formula is C20H21BrN4O2S. The van der Waals surface area contributed by atoms with Crippen LogP contribution in [-0.4, -0.2) is 48.0 Å². The Kier molecular flexibility index (Phi) is 6.64. The van der Waals surface area contributed by atoms with Crippen molar-refractivity contribution in [2.45, 2.75) is 6.92 Å². The number of hydrogen-bond acceptors (Lipinski definition) is 4. The van der Waals surface area contributed by atoms with Crippen LogP contribution >= 0.6 is 28.1 Å². The molecule has 2 N–H and O–H groups in total. The summed E-state index contributed by atoms with van der Waals surface area (Å²) < 4.78 is 0.707. The predicted octanol–water partition coefficient (Wildman–Crippen LogP) is 3.24. The van der Waals surface area contributed by atoms with Crippen molar-refractivity contribution in [2.75, 3.05) is 36.4 Å². The van der Waals surface area contributed by atoms with Gasteiger partial charge in [0.05, 0.1) is 16.9 Å². The van der Waals surface area contributed by atoms with Gasteiger partial charge in [0.2, 0.25) is 5.91 Å². The molecule has 2 amide bonds. The molecule has 0 aromatic heterocycles. The van der Waals surface area contributed by atoms with Crippen molar-refractivity contribution in [1.82, 2.24) is 10.2 Å². The zero-order chi connectivity index (χ0) is 20.1. The average Bonchev–Trinajstić information content (AvgIpc) is 2.68. The van der Waals surface area contributed by atoms with Crippen molar-refractivity contribution < 1.29 is 9.59 Å². The van der Waals surface area contributed by atoms with Crippen molar-refractivity contribution >= 4 is 56.4 Å². The van der Waals surface area contributed by atoms with E-state index in [0.717, 1.165) is 24.5 Å². The van der Waals surface area contributed by atoms with E-state index in [0.29, 0.717) is 23.1 Å². The molecule has 3 rings (SSSR count). The Hall–Kier alpha value is -2.45. The fourth-order valence-corrected chi connectivity index (χ4v) is 3.75. The van der Waals surface area contributed by atoms with Gasteiger partial charge in [-0.05, 0) is 52.4 Å². The second kappa shape index (κ2) is 9.16. The van der Waals surface area contributed by atoms with E-state index in [1.807, 2.05) is 35.2 Å². The minimum Gasteiger partial charge on any atom is -0.366 e. The molecule has 8 heteroatoms. The van der Waals surface area contributed by atoms with Crippen LogP contribution in [-0.2, 0) is 4.79 Å². The summed E-state index contributed by atoms with van der Waals surface area (Å²) in [7, 11) is 0. The summed E-state index contributed by atoms with van der Waals surface area (Å²) in [6.07, 6.45) is 0. The van der Waals surface area contributed by atoms with E-state index in [1.54, 1.807) is 25.1 Å². The summed E-state index contributed by atoms with van der Waals surface area (Å²) in [5.74, 6) is -0.181. The highest BCUT2D eigenvalue weighted by molar-refractivity contribution is 9.10. The maximum absolute atomic E-state index is 12.4. The lowest BCUT2D eigenvalue weighted by Gasteiger charge is -2.36. The average molecular weight is 461 g/mol. The molecule has 0 spiro atoms. The molecule has 0 aliphatic carbocycles. The first-order valence-electron chi connectivity index (χ1n) is 8.92. The zero-order valence-electron chi connectivity index (χ0n) is 15.4. The number of carbonyl (C=O) groups is 2. The Bertz CT molecular complexity index is 897. The topological polar surface area (TPSA) is 64.7 Å². The fourth-order valence-electron chi connectivity index (χ4n) is 3.09. The summed E-state index contributed by atoms with van der Waals surface area (Å²) in [4.78, 5) is 28.0. The molecule has 28 heavy (non-hydrogen) atoms. The third kappa shape index (κ3) is 4.88. The summed E-state index contributed by atoms with van der Waals surface area (Å²) >= 11 is 8.71. The van der Waals surface area contributed by atoms with Crippen molar-refractivity contribution in [1.29, 1.82) is 0 Å². The molecule has 1 heterocycles. The SMILES string of the molecule is CC(=O)N1CCN(c2ccccc2NC(=S)NC(=O)c2ccccc2Br)CC1. The van der Waals surface area contributed by atoms with Gasteiger partial charge in [-0.1, -0.05) is 24.3 Å². The van der Waals surface area contributed by atoms with Crippen molar-refractivity contribution in [3.05, 3.63) is 58.6 Å². The number of hydrogen-bond donors (Lipinski definition) is 2. The van der Waals surface area contributed by atoms with E-state index in [1.165, 1.54) is 0 Å². The van der Waals surface area contributed by atoms with Gasteiger partial charge in [0, 0.05) is 37.6 Å². The van der Waals surface area contributed by atoms with Crippen molar-refractivity contribution in [3.8, 4) is 0 Å². The van der Waals surface area contributed by atoms with Crippen LogP contribution < -0.4 is 15.5 Å². The summed E-state index contributed by atoms with van der Waals surface area (Å²) in [5, 5.41) is 6.07. The van der Waals surface area contributed by atoms with Gasteiger partial charge in [0.25, 0.3) is 5.91 Å². The number of benzene rings is 2. The Morgan fingerprint density at radius 1 is 1.00 bits per heavy atom. The highest BCUT2D eigenvalue weighted by atomic mass is 79.9. The fraction of sp³-hybridized carbons (Fsp3) is 0.250. The molecule has 0 bridgehead atoms. The predicted molar refractivity (Wildman–Crippen MR) is 119 cm³/mol. The second-order valence-electron chi connectivity index (χ2n) is 6.40. The molecule has 0 radical (unpaired) electrons. The first-order chi connectivity index (χ1) is 13.5. The molecular weight excluding hydrogens is 440 g/mol. The molecule has 0 atom stereocenters. The van der Waals surface area contributed by atoms with E-state index < -0.39 is 0 Å². The zero-order valence-corrected chi connectivity index (χ0v) is 17.8. The maximum atomic E-state index is 12.4. The number of nitrogens with zero attached hydrogens (tertiary/aromatic N) is 2. The lowest BCUT2D eigenvalue weighted by Crippen LogP contribution is -2.48. The molecule has 6 nitrogen and oxygen atoms in total. The maximum Gasteiger partial charge on any atom is 0.258 e. The van der Waals surface area contributed by atoms with Gasteiger partial charge in [-0.3, -0.25) is 14.9 Å². The van der Waals surface area contributed by atoms with Crippen LogP contribution in [0.25, 0.3) is 0 Å². The molecule has 0 unspecified atom stereocenters. The molecule has 0 saturated carbocycles. The van der Waals surface area contributed by atoms with Gasteiger partial charge < -0.3 is 15.1 Å². The van der Waals surface area contributed by atoms with Gasteiger partial charge in [0.15, 0.2) is 5.11 Å². The number of anilines is 2. The first kappa shape index (κ1) is 20.3. The van der Waals surface area contributed by atoms with Crippen LogP contribution in [0.15, 0.2) is 53.0 Å². The Morgan fingerprint density at radius 3 is 2.32 bits per heavy atom. The quantitative estimate of drug-likeness (QED) is 0.688. The third-order valence-electron chi connectivity index (χ3n) is 4.56. The largest absolute Gasteiger partial charge is 0.366 e. The normalized spacial score (nSPS) is 13.8. The first-order valence-corrected chi connectivity index (χ1v) is 10.1. The Morgan fingerprint density at radius 2 is 1.64 bits per heavy atom. The molecule has 1 saturated heterocycles. The van der Waals surface area contributed by atoms with E-state index in [4.69, 9.17) is 12.2 Å². The number of para-hydroxylation sites is 2. The van der Waals surface area contributed by atoms with Gasteiger partial charge in [-0.2, -0.15) is 0 Å². The summed E-state index contributed by atoms with van der Waals surface area (Å²) in [6, 6.07) is 15.0. The minimum absolute atomic E-state index is 0.0991. The lowest BCUT2D eigenvalue weighted by molar-refractivity contribution is -0.129. The van der Waals surface area contributed by atoms with E-state index in [2.05, 4.69) is 31.5 Å². The standard InChI is InChI=1S/C20H21BrN4O2S/c1-14(26)24-10-12-25(13-11-24)18-9-5-4-8-17(18)22-20(28)23-19(27)15-6-2-3-7-16(15)21/h2-9H,10-13H2,1H3,(H2,22,23,27,28). The van der Waals surface area contributed by atoms with E-state index in [-0.39, 0.29) is 16.9 Å². The Balaban J connectivity index is 1.66. The highest BCUT2D eigenvalue weighted by Gasteiger charge is 2.21. The lowest BCUT2D eigenvalue weighted by atomic mass is 10.2.